The van der Waals surface area contributed by atoms with Crippen molar-refractivity contribution in [3.05, 3.63) is 11.6 Å². The molecule has 0 bridgehead atoms. The van der Waals surface area contributed by atoms with Gasteiger partial charge in [-0.25, -0.2) is 0 Å². The molecule has 2 rings (SSSR count). The summed E-state index contributed by atoms with van der Waals surface area (Å²) >= 11 is 0. The molecular formula is C18H29NO3. The molecule has 0 amide bonds. The summed E-state index contributed by atoms with van der Waals surface area (Å²) in [5.74, 6) is 0.851. The molecule has 0 aliphatic heterocycles. The zero-order valence-corrected chi connectivity index (χ0v) is 14.1. The van der Waals surface area contributed by atoms with E-state index in [1.54, 1.807) is 21.3 Å². The van der Waals surface area contributed by atoms with Gasteiger partial charge in [-0.05, 0) is 56.8 Å². The number of hydrogen-bond donors (Lipinski definition) is 0. The highest BCUT2D eigenvalue weighted by Crippen LogP contribution is 2.34. The smallest absolute Gasteiger partial charge is 0.0946 e. The molecule has 2 fully saturated rings. The number of ether oxygens (including phenoxy) is 3. The Hall–Kier alpha value is -0.890. The van der Waals surface area contributed by atoms with Crippen LogP contribution in [0.1, 0.15) is 44.9 Å². The molecule has 0 spiro atoms. The van der Waals surface area contributed by atoms with Gasteiger partial charge in [0.05, 0.1) is 24.4 Å². The quantitative estimate of drug-likeness (QED) is 0.730. The van der Waals surface area contributed by atoms with Gasteiger partial charge in [0.2, 0.25) is 0 Å². The molecule has 124 valence electrons. The van der Waals surface area contributed by atoms with Gasteiger partial charge in [0.1, 0.15) is 0 Å². The van der Waals surface area contributed by atoms with Crippen molar-refractivity contribution in [2.45, 2.75) is 63.3 Å². The minimum atomic E-state index is 0.143. The van der Waals surface area contributed by atoms with Crippen LogP contribution in [0.15, 0.2) is 11.6 Å². The summed E-state index contributed by atoms with van der Waals surface area (Å²) in [5, 5.41) is 9.55. The van der Waals surface area contributed by atoms with Gasteiger partial charge in [-0.2, -0.15) is 5.26 Å². The lowest BCUT2D eigenvalue weighted by atomic mass is 9.79. The number of hydrogen-bond acceptors (Lipinski definition) is 4. The Morgan fingerprint density at radius 1 is 0.909 bits per heavy atom. The van der Waals surface area contributed by atoms with E-state index in [0.717, 1.165) is 50.5 Å². The molecule has 0 heterocycles. The van der Waals surface area contributed by atoms with E-state index >= 15 is 0 Å². The van der Waals surface area contributed by atoms with Crippen LogP contribution in [0, 0.1) is 23.2 Å². The number of nitrogens with zero attached hydrogens (tertiary/aromatic N) is 1. The first-order chi connectivity index (χ1) is 10.7. The molecule has 0 saturated heterocycles. The second-order valence-electron chi connectivity index (χ2n) is 6.56. The first-order valence-corrected chi connectivity index (χ1v) is 8.42. The van der Waals surface area contributed by atoms with Crippen LogP contribution in [0.4, 0.5) is 0 Å². The fraction of sp³-hybridized carbons (Fsp3) is 0.833. The van der Waals surface area contributed by atoms with Crippen LogP contribution in [0.3, 0.4) is 0 Å². The molecule has 0 radical (unpaired) electrons. The molecule has 0 aromatic carbocycles. The monoisotopic (exact) mass is 307 g/mol. The highest BCUT2D eigenvalue weighted by Gasteiger charge is 2.31. The lowest BCUT2D eigenvalue weighted by Gasteiger charge is -2.34. The van der Waals surface area contributed by atoms with Crippen LogP contribution in [-0.4, -0.2) is 39.6 Å². The predicted octanol–water partition coefficient (Wildman–Crippen LogP) is 3.47. The maximum atomic E-state index is 9.55. The molecule has 2 saturated carbocycles. The molecule has 0 aromatic heterocycles. The minimum absolute atomic E-state index is 0.143. The third-order valence-electron chi connectivity index (χ3n) is 5.37. The van der Waals surface area contributed by atoms with E-state index in [4.69, 9.17) is 14.2 Å². The van der Waals surface area contributed by atoms with Gasteiger partial charge in [0.15, 0.2) is 0 Å². The van der Waals surface area contributed by atoms with Crippen molar-refractivity contribution in [1.82, 2.24) is 0 Å². The largest absolute Gasteiger partial charge is 0.381 e. The van der Waals surface area contributed by atoms with Crippen molar-refractivity contribution < 1.29 is 14.2 Å². The third-order valence-corrected chi connectivity index (χ3v) is 5.37. The number of methoxy groups -OCH3 is 3. The van der Waals surface area contributed by atoms with Crippen LogP contribution < -0.4 is 0 Å². The van der Waals surface area contributed by atoms with Crippen molar-refractivity contribution in [2.24, 2.45) is 11.8 Å². The first-order valence-electron chi connectivity index (χ1n) is 8.42. The zero-order valence-electron chi connectivity index (χ0n) is 14.1. The Bertz CT molecular complexity index is 407. The molecular weight excluding hydrogens is 278 g/mol. The Kier molecular flexibility index (Phi) is 6.88. The summed E-state index contributed by atoms with van der Waals surface area (Å²) in [6, 6.07) is 2.46. The van der Waals surface area contributed by atoms with Crippen molar-refractivity contribution in [2.75, 3.05) is 21.3 Å². The molecule has 2 aliphatic rings. The Labute approximate surface area is 134 Å². The van der Waals surface area contributed by atoms with Crippen LogP contribution in [0.2, 0.25) is 0 Å². The van der Waals surface area contributed by atoms with Crippen LogP contribution >= 0.6 is 0 Å². The van der Waals surface area contributed by atoms with E-state index < -0.39 is 0 Å². The van der Waals surface area contributed by atoms with Gasteiger partial charge in [-0.15, -0.1) is 0 Å². The third kappa shape index (κ3) is 4.32. The van der Waals surface area contributed by atoms with Gasteiger partial charge < -0.3 is 14.2 Å². The second-order valence-corrected chi connectivity index (χ2v) is 6.56. The minimum Gasteiger partial charge on any atom is -0.381 e. The van der Waals surface area contributed by atoms with E-state index in [0.29, 0.717) is 17.9 Å². The van der Waals surface area contributed by atoms with Gasteiger partial charge in [0, 0.05) is 26.9 Å². The summed E-state index contributed by atoms with van der Waals surface area (Å²) in [4.78, 5) is 0. The summed E-state index contributed by atoms with van der Waals surface area (Å²) in [7, 11) is 5.28. The fourth-order valence-corrected chi connectivity index (χ4v) is 3.93. The summed E-state index contributed by atoms with van der Waals surface area (Å²) in [5.41, 5.74) is 0.977. The highest BCUT2D eigenvalue weighted by atomic mass is 16.5. The molecule has 22 heavy (non-hydrogen) atoms. The summed E-state index contributed by atoms with van der Waals surface area (Å²) in [6.45, 7) is 0. The maximum absolute atomic E-state index is 9.55. The lowest BCUT2D eigenvalue weighted by Crippen LogP contribution is -2.36. The second kappa shape index (κ2) is 8.67. The van der Waals surface area contributed by atoms with Gasteiger partial charge in [0.25, 0.3) is 0 Å². The van der Waals surface area contributed by atoms with Crippen molar-refractivity contribution in [1.29, 1.82) is 5.26 Å². The first kappa shape index (κ1) is 17.5. The van der Waals surface area contributed by atoms with Crippen molar-refractivity contribution in [3.63, 3.8) is 0 Å². The normalized spacial score (nSPS) is 36.8. The summed E-state index contributed by atoms with van der Waals surface area (Å²) in [6.07, 6.45) is 10.2. The van der Waals surface area contributed by atoms with E-state index in [2.05, 4.69) is 12.1 Å². The average molecular weight is 307 g/mol. The molecule has 2 aliphatic carbocycles. The molecule has 4 heteroatoms. The van der Waals surface area contributed by atoms with Crippen molar-refractivity contribution in [3.8, 4) is 6.07 Å². The molecule has 0 N–H and O–H groups in total. The SMILES string of the molecule is COC1CCC(/C(C#N)=C/[C@@H]2CC[C@H](OC)[C@H](OC)C2)CC1. The molecule has 0 unspecified atom stereocenters. The molecule has 4 nitrogen and oxygen atoms in total. The van der Waals surface area contributed by atoms with Crippen LogP contribution in [0.25, 0.3) is 0 Å². The number of rotatable bonds is 5. The molecule has 3 atom stereocenters. The number of allylic oxidation sites excluding steroid dienone is 2. The van der Waals surface area contributed by atoms with E-state index in [1.807, 2.05) is 0 Å². The average Bonchev–Trinajstić information content (AvgIpc) is 2.59. The Balaban J connectivity index is 1.96. The Morgan fingerprint density at radius 2 is 1.59 bits per heavy atom. The number of nitriles is 1. The van der Waals surface area contributed by atoms with Gasteiger partial charge in [-0.3, -0.25) is 0 Å². The topological polar surface area (TPSA) is 51.5 Å². The standard InChI is InChI=1S/C18H29NO3/c1-20-16-7-5-14(6-8-16)15(12-19)10-13-4-9-17(21-2)18(11-13)22-3/h10,13-14,16-18H,4-9,11H2,1-3H3/b15-10+/t13-,14?,16?,17-,18+/m0/s1. The van der Waals surface area contributed by atoms with Crippen LogP contribution in [-0.2, 0) is 14.2 Å². The zero-order chi connectivity index (χ0) is 15.9. The van der Waals surface area contributed by atoms with Gasteiger partial charge >= 0.3 is 0 Å². The van der Waals surface area contributed by atoms with Crippen molar-refractivity contribution >= 4 is 0 Å². The fourth-order valence-electron chi connectivity index (χ4n) is 3.93. The maximum Gasteiger partial charge on any atom is 0.0946 e. The Morgan fingerprint density at radius 3 is 2.14 bits per heavy atom. The summed E-state index contributed by atoms with van der Waals surface area (Å²) < 4.78 is 16.5. The van der Waals surface area contributed by atoms with E-state index in [-0.39, 0.29) is 12.2 Å². The van der Waals surface area contributed by atoms with E-state index in [9.17, 15) is 5.26 Å². The molecule has 0 aromatic rings. The van der Waals surface area contributed by atoms with Gasteiger partial charge in [-0.1, -0.05) is 6.08 Å². The van der Waals surface area contributed by atoms with E-state index in [1.165, 1.54) is 0 Å². The van der Waals surface area contributed by atoms with Crippen LogP contribution in [0.5, 0.6) is 0 Å². The highest BCUT2D eigenvalue weighted by molar-refractivity contribution is 5.25. The predicted molar refractivity (Wildman–Crippen MR) is 85.4 cm³/mol. The lowest BCUT2D eigenvalue weighted by molar-refractivity contribution is -0.0656.